The average Bonchev–Trinajstić information content (AvgIpc) is 2.36. The monoisotopic (exact) mass is 260 g/mol. The summed E-state index contributed by atoms with van der Waals surface area (Å²) >= 11 is 0. The molecule has 1 heteroatoms. The van der Waals surface area contributed by atoms with Gasteiger partial charge in [0.25, 0.3) is 0 Å². The van der Waals surface area contributed by atoms with E-state index in [0.717, 1.165) is 12.5 Å². The van der Waals surface area contributed by atoms with Crippen LogP contribution in [0.5, 0.6) is 0 Å². The topological polar surface area (TPSA) is 16.6 Å². The van der Waals surface area contributed by atoms with Gasteiger partial charge in [-0.3, -0.25) is 0 Å². The van der Waals surface area contributed by atoms with Crippen LogP contribution in [0.15, 0.2) is 35.9 Å². The first kappa shape index (κ1) is 16.0. The summed E-state index contributed by atoms with van der Waals surface area (Å²) in [5, 5.41) is 2.43. The average molecular weight is 260 g/mol. The number of aryl methyl sites for hydroxylation is 1. The molecular weight excluding hydrogens is 230 g/mol. The van der Waals surface area contributed by atoms with E-state index in [9.17, 15) is 0 Å². The van der Waals surface area contributed by atoms with Crippen LogP contribution in [-0.4, -0.2) is 6.54 Å². The summed E-state index contributed by atoms with van der Waals surface area (Å²) in [4.78, 5) is 0. The predicted octanol–water partition coefficient (Wildman–Crippen LogP) is 3.83. The van der Waals surface area contributed by atoms with Gasteiger partial charge in [0.05, 0.1) is 6.54 Å². The highest BCUT2D eigenvalue weighted by molar-refractivity contribution is 5.20. The molecule has 1 rings (SSSR count). The molecule has 19 heavy (non-hydrogen) atoms. The van der Waals surface area contributed by atoms with Crippen molar-refractivity contribution in [2.24, 2.45) is 5.92 Å². The van der Waals surface area contributed by atoms with Crippen LogP contribution in [0.3, 0.4) is 0 Å². The van der Waals surface area contributed by atoms with Crippen molar-refractivity contribution in [3.05, 3.63) is 47.0 Å². The van der Waals surface area contributed by atoms with E-state index in [1.165, 1.54) is 42.5 Å². The molecule has 1 aromatic carbocycles. The van der Waals surface area contributed by atoms with E-state index in [0.29, 0.717) is 0 Å². The zero-order valence-electron chi connectivity index (χ0n) is 13.1. The Bertz CT molecular complexity index is 371. The second-order valence-electron chi connectivity index (χ2n) is 6.02. The van der Waals surface area contributed by atoms with E-state index >= 15 is 0 Å². The molecule has 2 N–H and O–H groups in total. The number of nitrogens with two attached hydrogens (primary N) is 1. The van der Waals surface area contributed by atoms with Crippen LogP contribution >= 0.6 is 0 Å². The Morgan fingerprint density at radius 1 is 1.16 bits per heavy atom. The molecule has 0 heterocycles. The minimum atomic E-state index is 0.838. The SMILES string of the molecule is CC(C)=CCC[C@@H](C)CC[NH2+]Cc1ccc(C)cc1. The minimum absolute atomic E-state index is 0.838. The van der Waals surface area contributed by atoms with Gasteiger partial charge in [0, 0.05) is 5.56 Å². The molecule has 1 aromatic rings. The summed E-state index contributed by atoms with van der Waals surface area (Å²) in [6.45, 7) is 11.2. The molecule has 0 fully saturated rings. The summed E-state index contributed by atoms with van der Waals surface area (Å²) in [5.74, 6) is 0.838. The van der Waals surface area contributed by atoms with Gasteiger partial charge in [-0.1, -0.05) is 48.4 Å². The molecular formula is C18H30N+. The normalized spacial score (nSPS) is 12.2. The second-order valence-corrected chi connectivity index (χ2v) is 6.02. The predicted molar refractivity (Wildman–Crippen MR) is 84.1 cm³/mol. The van der Waals surface area contributed by atoms with E-state index in [4.69, 9.17) is 0 Å². The summed E-state index contributed by atoms with van der Waals surface area (Å²) in [6, 6.07) is 8.88. The first-order chi connectivity index (χ1) is 9.08. The van der Waals surface area contributed by atoms with Crippen molar-refractivity contribution in [2.45, 2.75) is 53.5 Å². The number of benzene rings is 1. The first-order valence-electron chi connectivity index (χ1n) is 7.58. The maximum absolute atomic E-state index is 2.43. The highest BCUT2D eigenvalue weighted by Crippen LogP contribution is 2.10. The van der Waals surface area contributed by atoms with Crippen molar-refractivity contribution in [3.63, 3.8) is 0 Å². The van der Waals surface area contributed by atoms with E-state index in [1.54, 1.807) is 0 Å². The van der Waals surface area contributed by atoms with Gasteiger partial charge in [0.2, 0.25) is 0 Å². The summed E-state index contributed by atoms with van der Waals surface area (Å²) in [7, 11) is 0. The summed E-state index contributed by atoms with van der Waals surface area (Å²) < 4.78 is 0. The Morgan fingerprint density at radius 2 is 1.84 bits per heavy atom. The van der Waals surface area contributed by atoms with Gasteiger partial charge in [-0.2, -0.15) is 0 Å². The molecule has 1 atom stereocenters. The van der Waals surface area contributed by atoms with Crippen LogP contribution in [0.1, 0.15) is 51.2 Å². The van der Waals surface area contributed by atoms with Gasteiger partial charge in [-0.05, 0) is 46.0 Å². The number of quaternary nitrogens is 1. The van der Waals surface area contributed by atoms with Gasteiger partial charge >= 0.3 is 0 Å². The van der Waals surface area contributed by atoms with E-state index in [-0.39, 0.29) is 0 Å². The van der Waals surface area contributed by atoms with E-state index in [1.807, 2.05) is 0 Å². The molecule has 0 radical (unpaired) electrons. The molecule has 0 aliphatic heterocycles. The highest BCUT2D eigenvalue weighted by Gasteiger charge is 2.02. The lowest BCUT2D eigenvalue weighted by atomic mass is 10.0. The van der Waals surface area contributed by atoms with Crippen LogP contribution in [0.2, 0.25) is 0 Å². The fourth-order valence-electron chi connectivity index (χ4n) is 2.20. The van der Waals surface area contributed by atoms with Gasteiger partial charge in [0.1, 0.15) is 6.54 Å². The lowest BCUT2D eigenvalue weighted by Gasteiger charge is -2.09. The van der Waals surface area contributed by atoms with E-state index in [2.05, 4.69) is 63.4 Å². The van der Waals surface area contributed by atoms with Crippen LogP contribution in [0.4, 0.5) is 0 Å². The number of hydrogen-bond donors (Lipinski definition) is 1. The largest absolute Gasteiger partial charge is 0.342 e. The Kier molecular flexibility index (Phi) is 7.50. The second kappa shape index (κ2) is 8.92. The van der Waals surface area contributed by atoms with Crippen molar-refractivity contribution in [1.82, 2.24) is 0 Å². The van der Waals surface area contributed by atoms with Gasteiger partial charge in [-0.25, -0.2) is 0 Å². The number of hydrogen-bond acceptors (Lipinski definition) is 0. The summed E-state index contributed by atoms with van der Waals surface area (Å²) in [5.41, 5.74) is 4.22. The Balaban J connectivity index is 2.10. The van der Waals surface area contributed by atoms with Crippen molar-refractivity contribution in [1.29, 1.82) is 0 Å². The Labute approximate surface area is 119 Å². The van der Waals surface area contributed by atoms with Crippen LogP contribution in [0.25, 0.3) is 0 Å². The van der Waals surface area contributed by atoms with Crippen LogP contribution in [-0.2, 0) is 6.54 Å². The quantitative estimate of drug-likeness (QED) is 0.540. The third kappa shape index (κ3) is 7.84. The molecule has 0 aliphatic rings. The van der Waals surface area contributed by atoms with Gasteiger partial charge < -0.3 is 5.32 Å². The molecule has 0 saturated carbocycles. The van der Waals surface area contributed by atoms with Gasteiger partial charge in [0.15, 0.2) is 0 Å². The zero-order valence-corrected chi connectivity index (χ0v) is 13.1. The van der Waals surface area contributed by atoms with Crippen molar-refractivity contribution in [2.75, 3.05) is 6.54 Å². The Hall–Kier alpha value is -1.08. The summed E-state index contributed by atoms with van der Waals surface area (Å²) in [6.07, 6.45) is 6.24. The van der Waals surface area contributed by atoms with Crippen LogP contribution < -0.4 is 5.32 Å². The highest BCUT2D eigenvalue weighted by atomic mass is 14.8. The van der Waals surface area contributed by atoms with Crippen LogP contribution in [0, 0.1) is 12.8 Å². The third-order valence-corrected chi connectivity index (χ3v) is 3.58. The molecule has 0 spiro atoms. The van der Waals surface area contributed by atoms with Crippen molar-refractivity contribution < 1.29 is 5.32 Å². The number of rotatable bonds is 8. The van der Waals surface area contributed by atoms with Crippen molar-refractivity contribution >= 4 is 0 Å². The lowest BCUT2D eigenvalue weighted by Crippen LogP contribution is -2.82. The van der Waals surface area contributed by atoms with E-state index < -0.39 is 0 Å². The molecule has 106 valence electrons. The first-order valence-corrected chi connectivity index (χ1v) is 7.58. The molecule has 0 saturated heterocycles. The molecule has 1 nitrogen and oxygen atoms in total. The van der Waals surface area contributed by atoms with Gasteiger partial charge in [-0.15, -0.1) is 0 Å². The number of allylic oxidation sites excluding steroid dienone is 2. The van der Waals surface area contributed by atoms with Crippen molar-refractivity contribution in [3.8, 4) is 0 Å². The Morgan fingerprint density at radius 3 is 2.47 bits per heavy atom. The third-order valence-electron chi connectivity index (χ3n) is 3.58. The molecule has 0 amide bonds. The molecule has 0 aliphatic carbocycles. The zero-order chi connectivity index (χ0) is 14.1. The molecule has 0 aromatic heterocycles. The maximum atomic E-state index is 2.43. The standard InChI is InChI=1S/C18H29N/c1-15(2)6-5-7-16(3)12-13-19-14-18-10-8-17(4)9-11-18/h6,8-11,16,19H,5,7,12-14H2,1-4H3/p+1/t16-/m1/s1. The lowest BCUT2D eigenvalue weighted by molar-refractivity contribution is -0.671. The fourth-order valence-corrected chi connectivity index (χ4v) is 2.20. The smallest absolute Gasteiger partial charge is 0.101 e. The fraction of sp³-hybridized carbons (Fsp3) is 0.556. The molecule has 0 bridgehead atoms. The molecule has 0 unspecified atom stereocenters. The maximum Gasteiger partial charge on any atom is 0.101 e. The minimum Gasteiger partial charge on any atom is -0.342 e.